The maximum Gasteiger partial charge on any atom is 0.336 e. The van der Waals surface area contributed by atoms with Crippen LogP contribution in [0.5, 0.6) is 0 Å². The van der Waals surface area contributed by atoms with E-state index in [0.717, 1.165) is 0 Å². The Morgan fingerprint density at radius 2 is 1.86 bits per heavy atom. The lowest BCUT2D eigenvalue weighted by Gasteiger charge is -2.40. The quantitative estimate of drug-likeness (QED) is 0.344. The van der Waals surface area contributed by atoms with E-state index in [1.54, 1.807) is 13.8 Å². The maximum absolute atomic E-state index is 11.8. The number of carbonyl (C=O) groups is 2. The van der Waals surface area contributed by atoms with Crippen LogP contribution < -0.4 is 5.73 Å². The number of carbonyl (C=O) groups excluding carboxylic acids is 1. The van der Waals surface area contributed by atoms with E-state index in [1.165, 1.54) is 0 Å². The molecule has 1 rings (SSSR count). The molecular weight excluding hydrogens is 286 g/mol. The maximum atomic E-state index is 11.8. The van der Waals surface area contributed by atoms with Crippen molar-refractivity contribution in [1.82, 2.24) is 0 Å². The van der Waals surface area contributed by atoms with E-state index in [2.05, 4.69) is 0 Å². The smallest absolute Gasteiger partial charge is 0.336 e. The normalized spacial score (nSPS) is 34.5. The number of carboxylic acid groups (broad SMARTS) is 1. The van der Waals surface area contributed by atoms with Crippen molar-refractivity contribution in [2.24, 2.45) is 11.7 Å². The van der Waals surface area contributed by atoms with Gasteiger partial charge >= 0.3 is 11.9 Å². The third-order valence-corrected chi connectivity index (χ3v) is 3.35. The molecule has 0 aromatic carbocycles. The number of aliphatic hydroxyl groups is 3. The van der Waals surface area contributed by atoms with E-state index < -0.39 is 55.1 Å². The second kappa shape index (κ2) is 7.14. The topological polar surface area (TPSA) is 160 Å². The number of hydrogen-bond donors (Lipinski definition) is 5. The van der Waals surface area contributed by atoms with Gasteiger partial charge < -0.3 is 35.6 Å². The minimum atomic E-state index is -1.71. The molecule has 0 saturated carbocycles. The number of rotatable bonds is 5. The third kappa shape index (κ3) is 3.89. The molecule has 1 heterocycles. The van der Waals surface area contributed by atoms with E-state index in [4.69, 9.17) is 25.4 Å². The summed E-state index contributed by atoms with van der Waals surface area (Å²) in [4.78, 5) is 22.9. The molecule has 0 amide bonds. The van der Waals surface area contributed by atoms with Crippen LogP contribution in [-0.2, 0) is 19.1 Å². The van der Waals surface area contributed by atoms with Crippen molar-refractivity contribution in [2.45, 2.75) is 50.4 Å². The SMILES string of the molecule is CC(C)[C@H](N)C(=O)O[C@H]1C(C(=O)O)O[C@H](CO)[C@@H](O)[C@@H]1O. The monoisotopic (exact) mass is 307 g/mol. The Kier molecular flexibility index (Phi) is 6.05. The first-order valence-electron chi connectivity index (χ1n) is 6.52. The summed E-state index contributed by atoms with van der Waals surface area (Å²) in [5, 5.41) is 37.7. The number of hydrogen-bond acceptors (Lipinski definition) is 8. The first-order valence-corrected chi connectivity index (χ1v) is 6.52. The van der Waals surface area contributed by atoms with E-state index in [-0.39, 0.29) is 5.92 Å². The molecule has 6 N–H and O–H groups in total. The summed E-state index contributed by atoms with van der Waals surface area (Å²) >= 11 is 0. The van der Waals surface area contributed by atoms with Crippen LogP contribution in [-0.4, -0.2) is 75.5 Å². The molecule has 21 heavy (non-hydrogen) atoms. The highest BCUT2D eigenvalue weighted by molar-refractivity contribution is 5.78. The van der Waals surface area contributed by atoms with Crippen molar-refractivity contribution in [3.05, 3.63) is 0 Å². The number of aliphatic hydroxyl groups excluding tert-OH is 3. The average Bonchev–Trinajstić information content (AvgIpc) is 2.42. The number of nitrogens with two attached hydrogens (primary N) is 1. The van der Waals surface area contributed by atoms with Gasteiger partial charge in [-0.3, -0.25) is 4.79 Å². The number of ether oxygens (including phenoxy) is 2. The van der Waals surface area contributed by atoms with Crippen molar-refractivity contribution in [3.63, 3.8) is 0 Å². The van der Waals surface area contributed by atoms with Gasteiger partial charge in [-0.15, -0.1) is 0 Å². The minimum Gasteiger partial charge on any atom is -0.479 e. The third-order valence-electron chi connectivity index (χ3n) is 3.35. The molecule has 1 aliphatic heterocycles. The summed E-state index contributed by atoms with van der Waals surface area (Å²) in [5.41, 5.74) is 5.59. The highest BCUT2D eigenvalue weighted by Gasteiger charge is 2.49. The van der Waals surface area contributed by atoms with Gasteiger partial charge in [0.2, 0.25) is 0 Å². The van der Waals surface area contributed by atoms with Crippen LogP contribution in [0.4, 0.5) is 0 Å². The van der Waals surface area contributed by atoms with Gasteiger partial charge in [0.05, 0.1) is 6.61 Å². The summed E-state index contributed by atoms with van der Waals surface area (Å²) < 4.78 is 9.86. The fourth-order valence-electron chi connectivity index (χ4n) is 1.91. The second-order valence-electron chi connectivity index (χ2n) is 5.27. The molecule has 6 atom stereocenters. The highest BCUT2D eigenvalue weighted by atomic mass is 16.6. The lowest BCUT2D eigenvalue weighted by atomic mass is 9.94. The summed E-state index contributed by atoms with van der Waals surface area (Å²) in [6, 6.07) is -1.00. The van der Waals surface area contributed by atoms with Crippen LogP contribution in [0, 0.1) is 5.92 Å². The fraction of sp³-hybridized carbons (Fsp3) is 0.833. The molecular formula is C12H21NO8. The van der Waals surface area contributed by atoms with Gasteiger partial charge in [0.1, 0.15) is 24.4 Å². The van der Waals surface area contributed by atoms with Crippen molar-refractivity contribution in [2.75, 3.05) is 6.61 Å². The molecule has 0 radical (unpaired) electrons. The Morgan fingerprint density at radius 1 is 1.29 bits per heavy atom. The minimum absolute atomic E-state index is 0.252. The molecule has 1 fully saturated rings. The number of carboxylic acids is 1. The molecule has 1 saturated heterocycles. The molecule has 1 aliphatic rings. The van der Waals surface area contributed by atoms with Gasteiger partial charge in [-0.1, -0.05) is 13.8 Å². The standard InChI is InChI=1S/C12H21NO8/c1-4(2)6(13)12(19)21-9-8(16)7(15)5(3-14)20-10(9)11(17)18/h4-10,14-16H,3,13H2,1-2H3,(H,17,18)/t5-,6+,7-,8+,9-,10?/m1/s1. The Bertz CT molecular complexity index is 387. The van der Waals surface area contributed by atoms with Crippen LogP contribution in [0.2, 0.25) is 0 Å². The van der Waals surface area contributed by atoms with Crippen molar-refractivity contribution >= 4 is 11.9 Å². The van der Waals surface area contributed by atoms with Crippen molar-refractivity contribution in [3.8, 4) is 0 Å². The largest absolute Gasteiger partial charge is 0.479 e. The summed E-state index contributed by atoms with van der Waals surface area (Å²) in [6.45, 7) is 2.66. The summed E-state index contributed by atoms with van der Waals surface area (Å²) in [5.74, 6) is -2.65. The predicted octanol–water partition coefficient (Wildman–Crippen LogP) is -2.55. The highest BCUT2D eigenvalue weighted by Crippen LogP contribution is 2.24. The van der Waals surface area contributed by atoms with E-state index in [9.17, 15) is 19.8 Å². The Morgan fingerprint density at radius 3 is 2.29 bits per heavy atom. The van der Waals surface area contributed by atoms with Gasteiger partial charge in [-0.25, -0.2) is 4.79 Å². The van der Waals surface area contributed by atoms with E-state index in [1.807, 2.05) is 0 Å². The van der Waals surface area contributed by atoms with Crippen molar-refractivity contribution < 1.29 is 39.5 Å². The van der Waals surface area contributed by atoms with Gasteiger partial charge in [-0.2, -0.15) is 0 Å². The predicted molar refractivity (Wildman–Crippen MR) is 68.1 cm³/mol. The number of aliphatic carboxylic acids is 1. The molecule has 9 nitrogen and oxygen atoms in total. The van der Waals surface area contributed by atoms with Gasteiger partial charge in [0.25, 0.3) is 0 Å². The van der Waals surface area contributed by atoms with Crippen LogP contribution in [0.25, 0.3) is 0 Å². The molecule has 1 unspecified atom stereocenters. The van der Waals surface area contributed by atoms with Gasteiger partial charge in [0.15, 0.2) is 12.2 Å². The lowest BCUT2D eigenvalue weighted by Crippen LogP contribution is -2.62. The molecule has 0 bridgehead atoms. The molecule has 9 heteroatoms. The molecule has 0 aromatic rings. The van der Waals surface area contributed by atoms with Crippen molar-refractivity contribution in [1.29, 1.82) is 0 Å². The van der Waals surface area contributed by atoms with Crippen LogP contribution >= 0.6 is 0 Å². The lowest BCUT2D eigenvalue weighted by molar-refractivity contribution is -0.241. The number of esters is 1. The van der Waals surface area contributed by atoms with Gasteiger partial charge in [0, 0.05) is 0 Å². The first kappa shape index (κ1) is 17.8. The second-order valence-corrected chi connectivity index (χ2v) is 5.27. The van der Waals surface area contributed by atoms with Crippen LogP contribution in [0.1, 0.15) is 13.8 Å². The van der Waals surface area contributed by atoms with Crippen LogP contribution in [0.3, 0.4) is 0 Å². The molecule has 0 spiro atoms. The zero-order chi connectivity index (χ0) is 16.3. The summed E-state index contributed by atoms with van der Waals surface area (Å²) in [7, 11) is 0. The van der Waals surface area contributed by atoms with Crippen LogP contribution in [0.15, 0.2) is 0 Å². The molecule has 122 valence electrons. The Balaban J connectivity index is 2.90. The first-order chi connectivity index (χ1) is 9.70. The zero-order valence-electron chi connectivity index (χ0n) is 11.7. The average molecular weight is 307 g/mol. The fourth-order valence-corrected chi connectivity index (χ4v) is 1.91. The molecule has 0 aromatic heterocycles. The Hall–Kier alpha value is -1.26. The Labute approximate surface area is 121 Å². The summed E-state index contributed by atoms with van der Waals surface area (Å²) in [6.07, 6.45) is -7.89. The molecule has 0 aliphatic carbocycles. The van der Waals surface area contributed by atoms with Gasteiger partial charge in [-0.05, 0) is 5.92 Å². The van der Waals surface area contributed by atoms with E-state index >= 15 is 0 Å². The zero-order valence-corrected chi connectivity index (χ0v) is 11.7. The van der Waals surface area contributed by atoms with E-state index in [0.29, 0.717) is 0 Å².